The van der Waals surface area contributed by atoms with Crippen molar-refractivity contribution >= 4 is 29.9 Å². The van der Waals surface area contributed by atoms with Crippen LogP contribution >= 0.6 is 24.0 Å². The van der Waals surface area contributed by atoms with Crippen molar-refractivity contribution in [2.45, 2.75) is 38.6 Å². The summed E-state index contributed by atoms with van der Waals surface area (Å²) >= 11 is 0. The van der Waals surface area contributed by atoms with E-state index in [2.05, 4.69) is 39.9 Å². The number of hydrogen-bond donors (Lipinski definition) is 2. The molecule has 2 aromatic rings. The van der Waals surface area contributed by atoms with E-state index in [0.717, 1.165) is 49.1 Å². The van der Waals surface area contributed by atoms with Crippen molar-refractivity contribution in [1.29, 1.82) is 0 Å². The minimum Gasteiger partial charge on any atom is -0.454 e. The summed E-state index contributed by atoms with van der Waals surface area (Å²) in [5.41, 5.74) is 3.48. The van der Waals surface area contributed by atoms with Crippen molar-refractivity contribution in [3.05, 3.63) is 59.2 Å². The Kier molecular flexibility index (Phi) is 9.23. The molecule has 0 amide bonds. The molecule has 1 saturated heterocycles. The molecule has 2 N–H and O–H groups in total. The first-order valence-electron chi connectivity index (χ1n) is 10.4. The van der Waals surface area contributed by atoms with Gasteiger partial charge in [0.2, 0.25) is 6.79 Å². The molecule has 0 aromatic heterocycles. The topological polar surface area (TPSA) is 73.3 Å². The van der Waals surface area contributed by atoms with Crippen molar-refractivity contribution in [2.24, 2.45) is 4.99 Å². The largest absolute Gasteiger partial charge is 0.454 e. The number of fused-ring (bicyclic) bond motifs is 1. The Labute approximate surface area is 200 Å². The summed E-state index contributed by atoms with van der Waals surface area (Å²) in [6.07, 6.45) is 2.26. The molecule has 31 heavy (non-hydrogen) atoms. The van der Waals surface area contributed by atoms with E-state index in [-0.39, 0.29) is 30.8 Å². The molecule has 2 heterocycles. The van der Waals surface area contributed by atoms with E-state index >= 15 is 0 Å². The van der Waals surface area contributed by atoms with Gasteiger partial charge in [-0.05, 0) is 41.7 Å². The lowest BCUT2D eigenvalue weighted by atomic mass is 10.1. The van der Waals surface area contributed by atoms with Crippen molar-refractivity contribution in [1.82, 2.24) is 10.6 Å². The van der Waals surface area contributed by atoms with Crippen LogP contribution in [0.3, 0.4) is 0 Å². The number of rotatable bonds is 7. The Morgan fingerprint density at radius 3 is 2.45 bits per heavy atom. The summed E-state index contributed by atoms with van der Waals surface area (Å²) in [5.74, 6) is 2.33. The molecule has 0 saturated carbocycles. The second kappa shape index (κ2) is 12.1. The number of ether oxygens (including phenoxy) is 4. The zero-order chi connectivity index (χ0) is 20.6. The molecule has 2 aromatic carbocycles. The predicted molar refractivity (Wildman–Crippen MR) is 130 cm³/mol. The summed E-state index contributed by atoms with van der Waals surface area (Å²) in [6, 6.07) is 14.4. The van der Waals surface area contributed by atoms with Gasteiger partial charge in [-0.25, -0.2) is 0 Å². The quantitative estimate of drug-likeness (QED) is 0.319. The number of nitrogens with zero attached hydrogens (tertiary/aromatic N) is 1. The second-order valence-electron chi connectivity index (χ2n) is 7.41. The maximum atomic E-state index is 6.03. The van der Waals surface area contributed by atoms with Crippen LogP contribution in [0, 0.1) is 0 Å². The van der Waals surface area contributed by atoms with Crippen molar-refractivity contribution in [3.8, 4) is 11.5 Å². The first-order chi connectivity index (χ1) is 14.8. The van der Waals surface area contributed by atoms with Gasteiger partial charge in [-0.2, -0.15) is 0 Å². The first kappa shape index (κ1) is 23.6. The average Bonchev–Trinajstić information content (AvgIpc) is 3.27. The van der Waals surface area contributed by atoms with Gasteiger partial charge in [0, 0.05) is 33.4 Å². The normalized spacial score (nSPS) is 16.0. The van der Waals surface area contributed by atoms with Crippen LogP contribution in [0.25, 0.3) is 0 Å². The Morgan fingerprint density at radius 2 is 1.68 bits per heavy atom. The molecule has 7 nitrogen and oxygen atoms in total. The van der Waals surface area contributed by atoms with E-state index < -0.39 is 0 Å². The number of benzene rings is 2. The van der Waals surface area contributed by atoms with E-state index in [9.17, 15) is 0 Å². The van der Waals surface area contributed by atoms with Gasteiger partial charge in [0.25, 0.3) is 0 Å². The van der Waals surface area contributed by atoms with Gasteiger partial charge in [0.05, 0.1) is 12.7 Å². The molecule has 0 aliphatic carbocycles. The van der Waals surface area contributed by atoms with Gasteiger partial charge in [0.1, 0.15) is 0 Å². The highest BCUT2D eigenvalue weighted by Crippen LogP contribution is 2.32. The molecule has 168 valence electrons. The van der Waals surface area contributed by atoms with Crippen LogP contribution in [0.2, 0.25) is 0 Å². The van der Waals surface area contributed by atoms with Gasteiger partial charge >= 0.3 is 0 Å². The van der Waals surface area contributed by atoms with Crippen LogP contribution < -0.4 is 20.1 Å². The molecule has 0 unspecified atom stereocenters. The van der Waals surface area contributed by atoms with Crippen LogP contribution in [-0.4, -0.2) is 39.1 Å². The zero-order valence-electron chi connectivity index (χ0n) is 17.8. The summed E-state index contributed by atoms with van der Waals surface area (Å²) < 4.78 is 22.2. The molecule has 0 spiro atoms. The van der Waals surface area contributed by atoms with Gasteiger partial charge in [-0.3, -0.25) is 4.99 Å². The van der Waals surface area contributed by atoms with Crippen LogP contribution in [-0.2, 0) is 29.2 Å². The first-order valence-corrected chi connectivity index (χ1v) is 10.4. The Morgan fingerprint density at radius 1 is 0.968 bits per heavy atom. The highest BCUT2D eigenvalue weighted by atomic mass is 127. The lowest BCUT2D eigenvalue weighted by molar-refractivity contribution is -0.0390. The minimum absolute atomic E-state index is 0. The summed E-state index contributed by atoms with van der Waals surface area (Å²) in [7, 11) is 1.77. The smallest absolute Gasteiger partial charge is 0.231 e. The third-order valence-corrected chi connectivity index (χ3v) is 5.23. The Bertz CT molecular complexity index is 872. The molecule has 2 aliphatic heterocycles. The molecular formula is C23H30IN3O4. The van der Waals surface area contributed by atoms with E-state index in [0.29, 0.717) is 25.8 Å². The molecule has 1 fully saturated rings. The molecule has 0 bridgehead atoms. The molecule has 4 rings (SSSR count). The molecular weight excluding hydrogens is 509 g/mol. The summed E-state index contributed by atoms with van der Waals surface area (Å²) in [6.45, 7) is 3.85. The fourth-order valence-electron chi connectivity index (χ4n) is 3.53. The minimum atomic E-state index is 0. The molecule has 8 heteroatoms. The lowest BCUT2D eigenvalue weighted by Crippen LogP contribution is -2.36. The number of aliphatic imine (C=N–C) groups is 1. The Balaban J connectivity index is 0.00000272. The number of halogens is 1. The summed E-state index contributed by atoms with van der Waals surface area (Å²) in [4.78, 5) is 4.31. The van der Waals surface area contributed by atoms with E-state index in [1.807, 2.05) is 18.2 Å². The zero-order valence-corrected chi connectivity index (χ0v) is 20.1. The van der Waals surface area contributed by atoms with Gasteiger partial charge < -0.3 is 29.6 Å². The third-order valence-electron chi connectivity index (χ3n) is 5.23. The molecule has 0 radical (unpaired) electrons. The number of hydrogen-bond acceptors (Lipinski definition) is 5. The van der Waals surface area contributed by atoms with E-state index in [4.69, 9.17) is 18.9 Å². The number of nitrogens with one attached hydrogen (secondary N) is 2. The number of guanidine groups is 1. The fourth-order valence-corrected chi connectivity index (χ4v) is 3.53. The fraction of sp³-hybridized carbons (Fsp3) is 0.435. The highest BCUT2D eigenvalue weighted by Gasteiger charge is 2.14. The molecule has 0 atom stereocenters. The van der Waals surface area contributed by atoms with E-state index in [1.54, 1.807) is 7.05 Å². The van der Waals surface area contributed by atoms with Gasteiger partial charge in [-0.15, -0.1) is 24.0 Å². The summed E-state index contributed by atoms with van der Waals surface area (Å²) in [5, 5.41) is 6.70. The monoisotopic (exact) mass is 539 g/mol. The highest BCUT2D eigenvalue weighted by molar-refractivity contribution is 14.0. The molecule has 2 aliphatic rings. The van der Waals surface area contributed by atoms with Crippen LogP contribution in [0.1, 0.15) is 29.5 Å². The van der Waals surface area contributed by atoms with Gasteiger partial charge in [-0.1, -0.05) is 30.3 Å². The van der Waals surface area contributed by atoms with Crippen molar-refractivity contribution in [3.63, 3.8) is 0 Å². The lowest BCUT2D eigenvalue weighted by Gasteiger charge is -2.22. The van der Waals surface area contributed by atoms with Crippen molar-refractivity contribution in [2.75, 3.05) is 27.1 Å². The third kappa shape index (κ3) is 6.98. The SMILES string of the molecule is CN=C(NCc1cccc(COC2CCOCC2)c1)NCc1ccc2c(c1)OCO2.I. The van der Waals surface area contributed by atoms with Crippen LogP contribution in [0.5, 0.6) is 11.5 Å². The second-order valence-corrected chi connectivity index (χ2v) is 7.41. The van der Waals surface area contributed by atoms with Crippen LogP contribution in [0.15, 0.2) is 47.5 Å². The predicted octanol–water partition coefficient (Wildman–Crippen LogP) is 3.59. The van der Waals surface area contributed by atoms with Crippen molar-refractivity contribution < 1.29 is 18.9 Å². The van der Waals surface area contributed by atoms with E-state index in [1.165, 1.54) is 11.1 Å². The average molecular weight is 539 g/mol. The maximum Gasteiger partial charge on any atom is 0.231 e. The van der Waals surface area contributed by atoms with Crippen LogP contribution in [0.4, 0.5) is 0 Å². The van der Waals surface area contributed by atoms with Gasteiger partial charge in [0.15, 0.2) is 17.5 Å². The standard InChI is InChI=1S/C23H29N3O4.HI/c1-24-23(26-14-18-5-6-21-22(12-18)30-16-29-21)25-13-17-3-2-4-19(11-17)15-28-20-7-9-27-10-8-20;/h2-6,11-12,20H,7-10,13-16H2,1H3,(H2,24,25,26);1H. The Hall–Kier alpha value is -2.04. The maximum absolute atomic E-state index is 6.03.